The van der Waals surface area contributed by atoms with Crippen molar-refractivity contribution in [3.8, 4) is 11.4 Å². The van der Waals surface area contributed by atoms with Crippen LogP contribution in [-0.2, 0) is 6.67 Å². The van der Waals surface area contributed by atoms with Gasteiger partial charge >= 0.3 is 0 Å². The standard InChI is InChI=1S/C15H12FN5S/c16-12-3-1-2-11(8-12)14-18-19-15-21(14)9-20(10-22-15)13-4-6-17-7-5-13/h1-8H,9-10H2. The molecule has 0 amide bonds. The van der Waals surface area contributed by atoms with E-state index in [1.165, 1.54) is 12.1 Å². The van der Waals surface area contributed by atoms with Crippen LogP contribution in [0.5, 0.6) is 0 Å². The van der Waals surface area contributed by atoms with Crippen LogP contribution in [0.15, 0.2) is 53.9 Å². The van der Waals surface area contributed by atoms with Gasteiger partial charge in [0.25, 0.3) is 0 Å². The Morgan fingerprint density at radius 2 is 1.95 bits per heavy atom. The number of benzene rings is 1. The number of hydrogen-bond donors (Lipinski definition) is 0. The lowest BCUT2D eigenvalue weighted by atomic mass is 10.2. The fourth-order valence-electron chi connectivity index (χ4n) is 2.42. The second-order valence-electron chi connectivity index (χ2n) is 4.90. The summed E-state index contributed by atoms with van der Waals surface area (Å²) in [6, 6.07) is 10.4. The van der Waals surface area contributed by atoms with Gasteiger partial charge in [0, 0.05) is 23.6 Å². The molecule has 22 heavy (non-hydrogen) atoms. The van der Waals surface area contributed by atoms with Crippen molar-refractivity contribution in [1.82, 2.24) is 19.7 Å². The molecule has 1 aromatic carbocycles. The first-order valence-corrected chi connectivity index (χ1v) is 7.77. The molecule has 0 aliphatic carbocycles. The number of halogens is 1. The average Bonchev–Trinajstić information content (AvgIpc) is 2.99. The van der Waals surface area contributed by atoms with Crippen LogP contribution in [0.25, 0.3) is 11.4 Å². The third-order valence-electron chi connectivity index (χ3n) is 3.49. The Balaban J connectivity index is 1.71. The summed E-state index contributed by atoms with van der Waals surface area (Å²) in [4.78, 5) is 6.24. The predicted octanol–water partition coefficient (Wildman–Crippen LogP) is 3.01. The molecule has 0 unspecified atom stereocenters. The van der Waals surface area contributed by atoms with Crippen LogP contribution in [-0.4, -0.2) is 25.6 Å². The lowest BCUT2D eigenvalue weighted by molar-refractivity contribution is 0.606. The largest absolute Gasteiger partial charge is 0.343 e. The van der Waals surface area contributed by atoms with Gasteiger partial charge < -0.3 is 4.90 Å². The second-order valence-corrected chi connectivity index (χ2v) is 5.82. The Kier molecular flexibility index (Phi) is 3.27. The van der Waals surface area contributed by atoms with Crippen LogP contribution < -0.4 is 4.90 Å². The fraction of sp³-hybridized carbons (Fsp3) is 0.133. The first kappa shape index (κ1) is 13.3. The number of pyridine rings is 1. The molecule has 0 N–H and O–H groups in total. The van der Waals surface area contributed by atoms with Gasteiger partial charge in [-0.3, -0.25) is 9.55 Å². The summed E-state index contributed by atoms with van der Waals surface area (Å²) >= 11 is 1.61. The van der Waals surface area contributed by atoms with E-state index < -0.39 is 0 Å². The Hall–Kier alpha value is -2.41. The maximum absolute atomic E-state index is 13.5. The van der Waals surface area contributed by atoms with Crippen LogP contribution in [0.2, 0.25) is 0 Å². The first-order chi connectivity index (χ1) is 10.8. The number of fused-ring (bicyclic) bond motifs is 1. The first-order valence-electron chi connectivity index (χ1n) is 6.78. The Bertz CT molecular complexity index is 805. The van der Waals surface area contributed by atoms with Gasteiger partial charge in [0.15, 0.2) is 11.0 Å². The number of hydrogen-bond acceptors (Lipinski definition) is 5. The summed E-state index contributed by atoms with van der Waals surface area (Å²) in [5.74, 6) is 1.20. The van der Waals surface area contributed by atoms with E-state index in [4.69, 9.17) is 0 Å². The minimum Gasteiger partial charge on any atom is -0.343 e. The predicted molar refractivity (Wildman–Crippen MR) is 82.9 cm³/mol. The SMILES string of the molecule is Fc1cccc(-c2nnc3n2CN(c2ccncc2)CS3)c1. The maximum Gasteiger partial charge on any atom is 0.194 e. The molecule has 4 rings (SSSR count). The van der Waals surface area contributed by atoms with E-state index in [-0.39, 0.29) is 5.82 Å². The maximum atomic E-state index is 13.5. The average molecular weight is 313 g/mol. The van der Waals surface area contributed by atoms with Gasteiger partial charge in [-0.2, -0.15) is 0 Å². The van der Waals surface area contributed by atoms with Gasteiger partial charge in [-0.05, 0) is 24.3 Å². The summed E-state index contributed by atoms with van der Waals surface area (Å²) in [7, 11) is 0. The number of anilines is 1. The van der Waals surface area contributed by atoms with Gasteiger partial charge in [-0.15, -0.1) is 10.2 Å². The second kappa shape index (κ2) is 5.42. The molecule has 1 aliphatic rings. The van der Waals surface area contributed by atoms with Crippen molar-refractivity contribution in [2.75, 3.05) is 10.8 Å². The summed E-state index contributed by atoms with van der Waals surface area (Å²) in [6.07, 6.45) is 3.55. The van der Waals surface area contributed by atoms with E-state index >= 15 is 0 Å². The third-order valence-corrected chi connectivity index (χ3v) is 4.49. The van der Waals surface area contributed by atoms with Crippen LogP contribution in [0.1, 0.15) is 0 Å². The van der Waals surface area contributed by atoms with E-state index in [2.05, 4.69) is 20.1 Å². The number of thioether (sulfide) groups is 1. The Morgan fingerprint density at radius 3 is 2.77 bits per heavy atom. The van der Waals surface area contributed by atoms with Gasteiger partial charge in [0.05, 0.1) is 12.5 Å². The molecule has 0 saturated carbocycles. The summed E-state index contributed by atoms with van der Waals surface area (Å²) in [5.41, 5.74) is 1.82. The van der Waals surface area contributed by atoms with E-state index in [9.17, 15) is 4.39 Å². The van der Waals surface area contributed by atoms with Crippen LogP contribution in [0.3, 0.4) is 0 Å². The summed E-state index contributed by atoms with van der Waals surface area (Å²) < 4.78 is 15.5. The molecule has 0 radical (unpaired) electrons. The van der Waals surface area contributed by atoms with Crippen LogP contribution in [0, 0.1) is 5.82 Å². The number of aromatic nitrogens is 4. The zero-order valence-electron chi connectivity index (χ0n) is 11.6. The molecule has 0 bridgehead atoms. The molecule has 7 heteroatoms. The smallest absolute Gasteiger partial charge is 0.194 e. The molecule has 0 saturated heterocycles. The molecule has 2 aromatic heterocycles. The summed E-state index contributed by atoms with van der Waals surface area (Å²) in [5, 5.41) is 9.28. The van der Waals surface area contributed by atoms with Gasteiger partial charge in [-0.25, -0.2) is 4.39 Å². The topological polar surface area (TPSA) is 46.8 Å². The highest BCUT2D eigenvalue weighted by atomic mass is 32.2. The van der Waals surface area contributed by atoms with Crippen molar-refractivity contribution < 1.29 is 4.39 Å². The molecule has 3 heterocycles. The quantitative estimate of drug-likeness (QED) is 0.728. The minimum atomic E-state index is -0.274. The van der Waals surface area contributed by atoms with E-state index in [0.717, 1.165) is 22.3 Å². The zero-order valence-corrected chi connectivity index (χ0v) is 12.4. The van der Waals surface area contributed by atoms with Crippen molar-refractivity contribution in [1.29, 1.82) is 0 Å². The van der Waals surface area contributed by atoms with Gasteiger partial charge in [0.1, 0.15) is 5.82 Å². The highest BCUT2D eigenvalue weighted by Crippen LogP contribution is 2.31. The van der Waals surface area contributed by atoms with Crippen molar-refractivity contribution in [2.24, 2.45) is 0 Å². The summed E-state index contributed by atoms with van der Waals surface area (Å²) in [6.45, 7) is 0.630. The molecule has 110 valence electrons. The van der Waals surface area contributed by atoms with Gasteiger partial charge in [0.2, 0.25) is 0 Å². The molecule has 3 aromatic rings. The Labute approximate surface area is 130 Å². The number of rotatable bonds is 2. The van der Waals surface area contributed by atoms with Crippen molar-refractivity contribution in [2.45, 2.75) is 11.8 Å². The third kappa shape index (κ3) is 2.33. The molecular weight excluding hydrogens is 301 g/mol. The van der Waals surface area contributed by atoms with E-state index in [0.29, 0.717) is 12.5 Å². The van der Waals surface area contributed by atoms with Crippen molar-refractivity contribution in [3.63, 3.8) is 0 Å². The van der Waals surface area contributed by atoms with E-state index in [1.54, 1.807) is 30.2 Å². The Morgan fingerprint density at radius 1 is 1.09 bits per heavy atom. The van der Waals surface area contributed by atoms with E-state index in [1.807, 2.05) is 22.8 Å². The molecule has 0 spiro atoms. The monoisotopic (exact) mass is 313 g/mol. The van der Waals surface area contributed by atoms with Gasteiger partial charge in [-0.1, -0.05) is 23.9 Å². The minimum absolute atomic E-state index is 0.274. The molecular formula is C15H12FN5S. The fourth-order valence-corrected chi connectivity index (χ4v) is 3.32. The van der Waals surface area contributed by atoms with Crippen molar-refractivity contribution >= 4 is 17.4 Å². The van der Waals surface area contributed by atoms with Crippen LogP contribution in [0.4, 0.5) is 10.1 Å². The lowest BCUT2D eigenvalue weighted by Crippen LogP contribution is -2.30. The normalized spacial score (nSPS) is 14.0. The molecule has 5 nitrogen and oxygen atoms in total. The van der Waals surface area contributed by atoms with Crippen molar-refractivity contribution in [3.05, 3.63) is 54.6 Å². The number of nitrogens with zero attached hydrogens (tertiary/aromatic N) is 5. The highest BCUT2D eigenvalue weighted by Gasteiger charge is 2.22. The zero-order chi connectivity index (χ0) is 14.9. The molecule has 0 fully saturated rings. The molecule has 0 atom stereocenters. The highest BCUT2D eigenvalue weighted by molar-refractivity contribution is 7.99. The molecule has 1 aliphatic heterocycles. The van der Waals surface area contributed by atoms with Crippen LogP contribution >= 0.6 is 11.8 Å². The lowest BCUT2D eigenvalue weighted by Gasteiger charge is -2.29.